The van der Waals surface area contributed by atoms with Crippen LogP contribution in [0, 0.1) is 11.7 Å². The number of rotatable bonds is 8. The van der Waals surface area contributed by atoms with Crippen LogP contribution in [-0.4, -0.2) is 93.3 Å². The number of carbonyl (C=O) groups excluding carboxylic acids is 5. The summed E-state index contributed by atoms with van der Waals surface area (Å²) in [5.41, 5.74) is 6.54. The molecule has 254 valence electrons. The monoisotopic (exact) mass is 671 g/mol. The number of primary amides is 1. The van der Waals surface area contributed by atoms with Crippen LogP contribution in [0.25, 0.3) is 0 Å². The third kappa shape index (κ3) is 6.26. The summed E-state index contributed by atoms with van der Waals surface area (Å²) in [4.78, 5) is 82.8. The van der Waals surface area contributed by atoms with Gasteiger partial charge < -0.3 is 20.9 Å². The number of aromatic amines is 1. The smallest absolute Gasteiger partial charge is 0.363 e. The molecule has 4 aliphatic heterocycles. The van der Waals surface area contributed by atoms with Crippen LogP contribution in [-0.2, 0) is 9.59 Å². The predicted octanol–water partition coefficient (Wildman–Crippen LogP) is 1.25. The lowest BCUT2D eigenvalue weighted by atomic mass is 9.88. The lowest BCUT2D eigenvalue weighted by Gasteiger charge is -2.34. The normalized spacial score (nSPS) is 21.7. The summed E-state index contributed by atoms with van der Waals surface area (Å²) in [6.07, 6.45) is 2.72. The number of benzene rings is 2. The first-order chi connectivity index (χ1) is 23.5. The molecule has 5 heterocycles. The van der Waals surface area contributed by atoms with Gasteiger partial charge in [0.25, 0.3) is 17.7 Å². The Labute approximate surface area is 279 Å². The van der Waals surface area contributed by atoms with Gasteiger partial charge in [0, 0.05) is 37.4 Å². The van der Waals surface area contributed by atoms with Crippen molar-refractivity contribution in [3.63, 3.8) is 0 Å². The Kier molecular flexibility index (Phi) is 8.40. The lowest BCUT2D eigenvalue weighted by Crippen LogP contribution is -2.54. The summed E-state index contributed by atoms with van der Waals surface area (Å²) in [5.74, 6) is -3.09. The summed E-state index contributed by atoms with van der Waals surface area (Å²) in [7, 11) is 0. The number of nitrogens with zero attached hydrogens (tertiary/aromatic N) is 5. The third-order valence-corrected chi connectivity index (χ3v) is 9.82. The zero-order chi connectivity index (χ0) is 34.4. The van der Waals surface area contributed by atoms with Crippen LogP contribution in [0.15, 0.2) is 41.2 Å². The number of nitrogens with two attached hydrogens (primary N) is 1. The number of amides is 5. The van der Waals surface area contributed by atoms with Gasteiger partial charge in [0.15, 0.2) is 11.5 Å². The number of likely N-dealkylation sites (tertiary alicyclic amines) is 1. The summed E-state index contributed by atoms with van der Waals surface area (Å²) in [5, 5.41) is 10.6. The first kappa shape index (κ1) is 32.1. The summed E-state index contributed by atoms with van der Waals surface area (Å²) >= 11 is 0. The molecule has 3 aromatic rings. The fourth-order valence-corrected chi connectivity index (χ4v) is 7.33. The second-order valence-corrected chi connectivity index (χ2v) is 12.9. The zero-order valence-corrected chi connectivity index (χ0v) is 26.4. The topological polar surface area (TPSA) is 204 Å². The van der Waals surface area contributed by atoms with E-state index in [2.05, 4.69) is 35.6 Å². The average Bonchev–Trinajstić information content (AvgIpc) is 3.63. The molecule has 1 aromatic heterocycles. The lowest BCUT2D eigenvalue weighted by molar-refractivity contribution is -0.136. The minimum absolute atomic E-state index is 0.0392. The van der Waals surface area contributed by atoms with Crippen molar-refractivity contribution in [2.75, 3.05) is 42.9 Å². The molecule has 0 aliphatic carbocycles. The molecule has 4 aliphatic rings. The van der Waals surface area contributed by atoms with E-state index in [0.29, 0.717) is 17.2 Å². The van der Waals surface area contributed by atoms with Crippen molar-refractivity contribution in [2.45, 2.75) is 44.1 Å². The summed E-state index contributed by atoms with van der Waals surface area (Å²) in [6.45, 7) is 4.11. The van der Waals surface area contributed by atoms with E-state index in [1.54, 1.807) is 24.3 Å². The molecular weight excluding hydrogens is 637 g/mol. The van der Waals surface area contributed by atoms with Gasteiger partial charge in [-0.2, -0.15) is 10.1 Å². The van der Waals surface area contributed by atoms with Crippen LogP contribution in [0.4, 0.5) is 21.6 Å². The fraction of sp³-hybridized carbons (Fsp3) is 0.394. The molecule has 0 bridgehead atoms. The maximum absolute atomic E-state index is 15.3. The minimum atomic E-state index is -0.997. The molecule has 2 atom stereocenters. The molecule has 0 radical (unpaired) electrons. The number of anilines is 3. The zero-order valence-electron chi connectivity index (χ0n) is 26.4. The van der Waals surface area contributed by atoms with Crippen molar-refractivity contribution >= 4 is 46.7 Å². The van der Waals surface area contributed by atoms with E-state index in [-0.39, 0.29) is 41.4 Å². The van der Waals surface area contributed by atoms with Gasteiger partial charge in [-0.1, -0.05) is 6.07 Å². The van der Waals surface area contributed by atoms with Crippen LogP contribution < -0.4 is 27.0 Å². The van der Waals surface area contributed by atoms with Crippen molar-refractivity contribution in [3.05, 3.63) is 75.1 Å². The molecule has 7 rings (SSSR count). The molecule has 2 unspecified atom stereocenters. The van der Waals surface area contributed by atoms with Gasteiger partial charge >= 0.3 is 5.69 Å². The largest absolute Gasteiger partial charge is 0.371 e. The number of hydrogen-bond acceptors (Lipinski definition) is 11. The number of H-pyrrole nitrogens is 1. The number of hydrogen-bond donors (Lipinski definition) is 4. The molecule has 16 heteroatoms. The third-order valence-electron chi connectivity index (χ3n) is 9.82. The highest BCUT2D eigenvalue weighted by Crippen LogP contribution is 2.35. The molecule has 49 heavy (non-hydrogen) atoms. The highest BCUT2D eigenvalue weighted by molar-refractivity contribution is 6.23. The first-order valence-corrected chi connectivity index (χ1v) is 16.2. The van der Waals surface area contributed by atoms with Gasteiger partial charge in [0.1, 0.15) is 11.9 Å². The van der Waals surface area contributed by atoms with Gasteiger partial charge in [-0.25, -0.2) is 14.3 Å². The average molecular weight is 672 g/mol. The Hall–Kier alpha value is -5.51. The fourth-order valence-electron chi connectivity index (χ4n) is 7.33. The Morgan fingerprint density at radius 1 is 0.959 bits per heavy atom. The number of halogens is 1. The van der Waals surface area contributed by atoms with Crippen molar-refractivity contribution < 1.29 is 28.4 Å². The van der Waals surface area contributed by atoms with Gasteiger partial charge in [0.2, 0.25) is 11.8 Å². The molecule has 2 aromatic carbocycles. The second kappa shape index (κ2) is 12.8. The van der Waals surface area contributed by atoms with Crippen molar-refractivity contribution in [3.8, 4) is 0 Å². The Bertz CT molecular complexity index is 1940. The van der Waals surface area contributed by atoms with Crippen LogP contribution in [0.2, 0.25) is 0 Å². The number of nitrogens with one attached hydrogen (secondary N) is 3. The summed E-state index contributed by atoms with van der Waals surface area (Å²) < 4.78 is 15.3. The SMILES string of the molecule is NC(=O)c1n[nH]c(=O)nc1Nc1ccc(C2CCN(CC3CCN(c4ccc5c(c4)C(=O)N(C4CCC(=O)NC4=O)C5=O)C3)CC2)c(F)c1. The number of aromatic nitrogens is 3. The minimum Gasteiger partial charge on any atom is -0.371 e. The van der Waals surface area contributed by atoms with E-state index < -0.39 is 47.1 Å². The van der Waals surface area contributed by atoms with E-state index in [9.17, 15) is 28.8 Å². The van der Waals surface area contributed by atoms with Crippen molar-refractivity contribution in [1.29, 1.82) is 0 Å². The van der Waals surface area contributed by atoms with Crippen molar-refractivity contribution in [1.82, 2.24) is 30.3 Å². The van der Waals surface area contributed by atoms with Gasteiger partial charge in [0.05, 0.1) is 11.1 Å². The Morgan fingerprint density at radius 3 is 2.47 bits per heavy atom. The van der Waals surface area contributed by atoms with E-state index in [1.165, 1.54) is 6.07 Å². The molecule has 5 N–H and O–H groups in total. The van der Waals surface area contributed by atoms with Crippen LogP contribution in [0.3, 0.4) is 0 Å². The maximum atomic E-state index is 15.3. The molecule has 0 saturated carbocycles. The highest BCUT2D eigenvalue weighted by atomic mass is 19.1. The quantitative estimate of drug-likeness (QED) is 0.251. The number of fused-ring (bicyclic) bond motifs is 1. The highest BCUT2D eigenvalue weighted by Gasteiger charge is 2.45. The van der Waals surface area contributed by atoms with E-state index in [0.717, 1.165) is 62.6 Å². The van der Waals surface area contributed by atoms with E-state index >= 15 is 4.39 Å². The molecular formula is C33H34FN9O6. The first-order valence-electron chi connectivity index (χ1n) is 16.2. The number of imide groups is 2. The number of piperidine rings is 2. The molecule has 0 spiro atoms. The van der Waals surface area contributed by atoms with E-state index in [1.807, 2.05) is 6.07 Å². The second-order valence-electron chi connectivity index (χ2n) is 12.9. The van der Waals surface area contributed by atoms with Crippen LogP contribution in [0.5, 0.6) is 0 Å². The van der Waals surface area contributed by atoms with Crippen molar-refractivity contribution in [2.24, 2.45) is 11.7 Å². The van der Waals surface area contributed by atoms with Crippen LogP contribution >= 0.6 is 0 Å². The van der Waals surface area contributed by atoms with E-state index in [4.69, 9.17) is 5.73 Å². The maximum Gasteiger partial charge on any atom is 0.363 e. The molecule has 5 amide bonds. The van der Waals surface area contributed by atoms with Gasteiger partial charge in [-0.05, 0) is 86.5 Å². The Morgan fingerprint density at radius 2 is 1.73 bits per heavy atom. The predicted molar refractivity (Wildman–Crippen MR) is 173 cm³/mol. The van der Waals surface area contributed by atoms with Gasteiger partial charge in [-0.15, -0.1) is 0 Å². The standard InChI is InChI=1S/C33H34FN9O6/c34-24-13-19(36-29-27(28(35)45)39-40-33(49)38-29)1-3-21(24)18-8-10-41(11-9-18)15-17-7-12-42(16-17)20-2-4-22-23(14-20)32(48)43(31(22)47)25-5-6-26(44)37-30(25)46/h1-4,13-14,17-18,25H,5-12,15-16H2,(H2,35,45)(H,37,44,46)(H2,36,38,40,49). The molecule has 3 saturated heterocycles. The van der Waals surface area contributed by atoms with Gasteiger partial charge in [-0.3, -0.25) is 34.2 Å². The molecule has 15 nitrogen and oxygen atoms in total. The summed E-state index contributed by atoms with van der Waals surface area (Å²) in [6, 6.07) is 8.89. The Balaban J connectivity index is 0.929. The van der Waals surface area contributed by atoms with Crippen LogP contribution in [0.1, 0.15) is 74.8 Å². The molecule has 3 fully saturated rings. The number of carbonyl (C=O) groups is 5.